The second-order valence-corrected chi connectivity index (χ2v) is 3.57. The van der Waals surface area contributed by atoms with Crippen molar-refractivity contribution in [2.75, 3.05) is 26.3 Å². The highest BCUT2D eigenvalue weighted by Crippen LogP contribution is 2.11. The van der Waals surface area contributed by atoms with Crippen LogP contribution in [0, 0.1) is 0 Å². The van der Waals surface area contributed by atoms with Crippen molar-refractivity contribution >= 4 is 12.1 Å². The maximum atomic E-state index is 11.4. The van der Waals surface area contributed by atoms with Gasteiger partial charge in [-0.2, -0.15) is 0 Å². The number of hydrogen-bond acceptors (Lipinski definition) is 4. The molecule has 1 unspecified atom stereocenters. The summed E-state index contributed by atoms with van der Waals surface area (Å²) in [6.45, 7) is 3.44. The van der Waals surface area contributed by atoms with Crippen LogP contribution in [0.1, 0.15) is 19.8 Å². The van der Waals surface area contributed by atoms with Gasteiger partial charge >= 0.3 is 12.1 Å². The molecule has 1 rings (SSSR count). The van der Waals surface area contributed by atoms with Crippen LogP contribution in [0.25, 0.3) is 0 Å². The third-order valence-electron chi connectivity index (χ3n) is 2.34. The van der Waals surface area contributed by atoms with E-state index in [1.807, 2.05) is 0 Å². The van der Waals surface area contributed by atoms with Crippen molar-refractivity contribution in [1.29, 1.82) is 0 Å². The van der Waals surface area contributed by atoms with Crippen LogP contribution in [0.4, 0.5) is 4.79 Å². The van der Waals surface area contributed by atoms with Gasteiger partial charge in [0.25, 0.3) is 0 Å². The molecule has 1 aliphatic rings. The summed E-state index contributed by atoms with van der Waals surface area (Å²) in [5.41, 5.74) is 0. The number of rotatable bonds is 4. The summed E-state index contributed by atoms with van der Waals surface area (Å²) in [5, 5.41) is 8.54. The van der Waals surface area contributed by atoms with Crippen LogP contribution in [0.15, 0.2) is 0 Å². The zero-order valence-corrected chi connectivity index (χ0v) is 9.35. The van der Waals surface area contributed by atoms with Crippen molar-refractivity contribution in [3.8, 4) is 0 Å². The molecule has 0 bridgehead atoms. The Morgan fingerprint density at radius 3 is 2.94 bits per heavy atom. The lowest BCUT2D eigenvalue weighted by atomic mass is 10.1. The molecule has 0 spiro atoms. The Morgan fingerprint density at radius 1 is 1.56 bits per heavy atom. The van der Waals surface area contributed by atoms with Gasteiger partial charge in [0.05, 0.1) is 25.9 Å². The number of carboxylic acid groups (broad SMARTS) is 1. The van der Waals surface area contributed by atoms with E-state index in [0.29, 0.717) is 32.7 Å². The Hall–Kier alpha value is -1.30. The molecule has 0 radical (unpaired) electrons. The summed E-state index contributed by atoms with van der Waals surface area (Å²) in [7, 11) is 0. The molecule has 1 fully saturated rings. The molecule has 0 aromatic heterocycles. The van der Waals surface area contributed by atoms with Gasteiger partial charge in [0.2, 0.25) is 0 Å². The molecule has 1 amide bonds. The summed E-state index contributed by atoms with van der Waals surface area (Å²) in [6, 6.07) is 0. The van der Waals surface area contributed by atoms with E-state index in [2.05, 4.69) is 0 Å². The van der Waals surface area contributed by atoms with Gasteiger partial charge in [-0.05, 0) is 13.3 Å². The molecular weight excluding hydrogens is 214 g/mol. The van der Waals surface area contributed by atoms with Gasteiger partial charge in [-0.25, -0.2) is 4.79 Å². The average Bonchev–Trinajstić information content (AvgIpc) is 2.27. The standard InChI is InChI=1S/C10H17NO5/c1-2-15-10(14)11-5-6-16-8(7-11)3-4-9(12)13/h8H,2-7H2,1H3,(H,12,13). The first-order valence-corrected chi connectivity index (χ1v) is 5.38. The smallest absolute Gasteiger partial charge is 0.409 e. The molecule has 92 valence electrons. The zero-order chi connectivity index (χ0) is 12.0. The van der Waals surface area contributed by atoms with Crippen molar-refractivity contribution in [2.24, 2.45) is 0 Å². The van der Waals surface area contributed by atoms with E-state index in [0.717, 1.165) is 0 Å². The van der Waals surface area contributed by atoms with Crippen LogP contribution in [0.5, 0.6) is 0 Å². The Labute approximate surface area is 94.1 Å². The van der Waals surface area contributed by atoms with Gasteiger partial charge < -0.3 is 19.5 Å². The molecule has 1 heterocycles. The SMILES string of the molecule is CCOC(=O)N1CCOC(CCC(=O)O)C1. The van der Waals surface area contributed by atoms with Crippen LogP contribution < -0.4 is 0 Å². The number of hydrogen-bond donors (Lipinski definition) is 1. The van der Waals surface area contributed by atoms with Gasteiger partial charge in [-0.3, -0.25) is 4.79 Å². The fraction of sp³-hybridized carbons (Fsp3) is 0.800. The highest BCUT2D eigenvalue weighted by Gasteiger charge is 2.25. The fourth-order valence-corrected chi connectivity index (χ4v) is 1.56. The molecule has 1 saturated heterocycles. The lowest BCUT2D eigenvalue weighted by Gasteiger charge is -2.31. The summed E-state index contributed by atoms with van der Waals surface area (Å²) in [6.07, 6.45) is -0.0765. The summed E-state index contributed by atoms with van der Waals surface area (Å²) in [5.74, 6) is -0.850. The quantitative estimate of drug-likeness (QED) is 0.771. The van der Waals surface area contributed by atoms with Crippen LogP contribution in [0.3, 0.4) is 0 Å². The van der Waals surface area contributed by atoms with E-state index in [1.165, 1.54) is 0 Å². The van der Waals surface area contributed by atoms with Crippen LogP contribution >= 0.6 is 0 Å². The number of nitrogens with zero attached hydrogens (tertiary/aromatic N) is 1. The lowest BCUT2D eigenvalue weighted by Crippen LogP contribution is -2.45. The monoisotopic (exact) mass is 231 g/mol. The number of aliphatic carboxylic acids is 1. The zero-order valence-electron chi connectivity index (χ0n) is 9.35. The molecule has 0 aromatic carbocycles. The van der Waals surface area contributed by atoms with Gasteiger partial charge in [0, 0.05) is 13.0 Å². The second kappa shape index (κ2) is 6.32. The van der Waals surface area contributed by atoms with E-state index in [4.69, 9.17) is 14.6 Å². The van der Waals surface area contributed by atoms with E-state index in [1.54, 1.807) is 11.8 Å². The molecule has 0 saturated carbocycles. The molecule has 1 aliphatic heterocycles. The first-order valence-electron chi connectivity index (χ1n) is 5.38. The molecule has 0 aromatic rings. The predicted molar refractivity (Wildman–Crippen MR) is 55.2 cm³/mol. The van der Waals surface area contributed by atoms with Gasteiger partial charge in [0.15, 0.2) is 0 Å². The molecule has 6 nitrogen and oxygen atoms in total. The molecular formula is C10H17NO5. The third-order valence-corrected chi connectivity index (χ3v) is 2.34. The molecule has 6 heteroatoms. The second-order valence-electron chi connectivity index (χ2n) is 3.57. The van der Waals surface area contributed by atoms with Crippen molar-refractivity contribution in [1.82, 2.24) is 4.90 Å². The van der Waals surface area contributed by atoms with Crippen molar-refractivity contribution in [3.05, 3.63) is 0 Å². The minimum Gasteiger partial charge on any atom is -0.481 e. The van der Waals surface area contributed by atoms with E-state index >= 15 is 0 Å². The Morgan fingerprint density at radius 2 is 2.31 bits per heavy atom. The van der Waals surface area contributed by atoms with Gasteiger partial charge in [-0.15, -0.1) is 0 Å². The summed E-state index contributed by atoms with van der Waals surface area (Å²) >= 11 is 0. The largest absolute Gasteiger partial charge is 0.481 e. The number of carboxylic acids is 1. The minimum absolute atomic E-state index is 0.0569. The van der Waals surface area contributed by atoms with E-state index < -0.39 is 5.97 Å². The van der Waals surface area contributed by atoms with Crippen molar-refractivity contribution in [3.63, 3.8) is 0 Å². The number of carbonyl (C=O) groups excluding carboxylic acids is 1. The summed E-state index contributed by atoms with van der Waals surface area (Å²) < 4.78 is 10.2. The topological polar surface area (TPSA) is 76.1 Å². The summed E-state index contributed by atoms with van der Waals surface area (Å²) in [4.78, 5) is 23.4. The Bertz CT molecular complexity index is 256. The minimum atomic E-state index is -0.850. The molecule has 0 aliphatic carbocycles. The maximum absolute atomic E-state index is 11.4. The normalized spacial score (nSPS) is 20.6. The van der Waals surface area contributed by atoms with Crippen LogP contribution in [-0.4, -0.2) is 54.5 Å². The van der Waals surface area contributed by atoms with E-state index in [9.17, 15) is 9.59 Å². The van der Waals surface area contributed by atoms with Crippen LogP contribution in [-0.2, 0) is 14.3 Å². The molecule has 16 heavy (non-hydrogen) atoms. The maximum Gasteiger partial charge on any atom is 0.409 e. The van der Waals surface area contributed by atoms with Crippen molar-refractivity contribution < 1.29 is 24.2 Å². The van der Waals surface area contributed by atoms with Crippen molar-refractivity contribution in [2.45, 2.75) is 25.9 Å². The average molecular weight is 231 g/mol. The number of amides is 1. The molecule has 1 N–H and O–H groups in total. The predicted octanol–water partition coefficient (Wildman–Crippen LogP) is 0.708. The Kier molecular flexibility index (Phi) is 5.04. The first kappa shape index (κ1) is 12.8. The van der Waals surface area contributed by atoms with E-state index in [-0.39, 0.29) is 18.6 Å². The lowest BCUT2D eigenvalue weighted by molar-refractivity contribution is -0.138. The highest BCUT2D eigenvalue weighted by atomic mass is 16.6. The van der Waals surface area contributed by atoms with Crippen LogP contribution in [0.2, 0.25) is 0 Å². The number of morpholine rings is 1. The Balaban J connectivity index is 2.34. The number of ether oxygens (including phenoxy) is 2. The fourth-order valence-electron chi connectivity index (χ4n) is 1.56. The van der Waals surface area contributed by atoms with Gasteiger partial charge in [-0.1, -0.05) is 0 Å². The number of carbonyl (C=O) groups is 2. The van der Waals surface area contributed by atoms with Gasteiger partial charge in [0.1, 0.15) is 0 Å². The highest BCUT2D eigenvalue weighted by molar-refractivity contribution is 5.68. The third kappa shape index (κ3) is 4.06. The molecule has 1 atom stereocenters. The first-order chi connectivity index (χ1) is 7.63.